The third kappa shape index (κ3) is 4.76. The average Bonchev–Trinajstić information content (AvgIpc) is 2.15. The second-order valence-electron chi connectivity index (χ2n) is 1.90. The van der Waals surface area contributed by atoms with Crippen LogP contribution in [0.15, 0.2) is 8.17 Å². The molecular weight excluding hydrogens is 509 g/mol. The maximum absolute atomic E-state index is 3.99. The topological polar surface area (TPSA) is 51.6 Å². The second-order valence-corrected chi connectivity index (χ2v) is 10.4. The molecule has 0 unspecified atom stereocenters. The summed E-state index contributed by atoms with van der Waals surface area (Å²) in [6.07, 6.45) is 0. The van der Waals surface area contributed by atoms with Gasteiger partial charge in [-0.15, -0.1) is 0 Å². The van der Waals surface area contributed by atoms with Crippen LogP contribution in [-0.2, 0) is 0 Å². The minimum absolute atomic E-state index is 0.0107. The molecule has 0 spiro atoms. The van der Waals surface area contributed by atoms with Gasteiger partial charge in [-0.1, -0.05) is 0 Å². The number of hydrogen-bond acceptors (Lipinski definition) is 4. The van der Waals surface area contributed by atoms with Crippen molar-refractivity contribution in [1.29, 1.82) is 0 Å². The molecule has 0 atom stereocenters. The van der Waals surface area contributed by atoms with Gasteiger partial charge in [0.15, 0.2) is 0 Å². The van der Waals surface area contributed by atoms with Crippen LogP contribution in [0.3, 0.4) is 0 Å². The number of halogens is 3. The molecular formula is C6H7I3N4-2. The van der Waals surface area contributed by atoms with Gasteiger partial charge in [0.05, 0.1) is 0 Å². The Morgan fingerprint density at radius 3 is 2.85 bits per heavy atom. The average molecular weight is 516 g/mol. The van der Waals surface area contributed by atoms with Crippen molar-refractivity contribution in [3.05, 3.63) is 17.6 Å². The summed E-state index contributed by atoms with van der Waals surface area (Å²) in [4.78, 5) is 0. The van der Waals surface area contributed by atoms with Crippen molar-refractivity contribution in [2.45, 2.75) is 6.92 Å². The molecule has 0 aliphatic carbocycles. The fraction of sp³-hybridized carbons (Fsp3) is 0.333. The molecule has 13 heavy (non-hydrogen) atoms. The zero-order valence-corrected chi connectivity index (χ0v) is 13.3. The molecule has 0 saturated carbocycles. The number of rotatable bonds is 4. The van der Waals surface area contributed by atoms with Crippen LogP contribution >= 0.6 is 22.6 Å². The first-order valence-corrected chi connectivity index (χ1v) is 9.91. The molecule has 0 aliphatic rings. The normalized spacial score (nSPS) is 11.5. The van der Waals surface area contributed by atoms with Crippen LogP contribution in [-0.4, -0.2) is 23.1 Å². The monoisotopic (exact) mass is 516 g/mol. The van der Waals surface area contributed by atoms with Crippen LogP contribution in [0.5, 0.6) is 0 Å². The van der Waals surface area contributed by atoms with Gasteiger partial charge in [0.25, 0.3) is 0 Å². The van der Waals surface area contributed by atoms with Gasteiger partial charge < -0.3 is 0 Å². The van der Waals surface area contributed by atoms with E-state index in [-0.39, 0.29) is 42.4 Å². The number of alkyl halides is 2. The van der Waals surface area contributed by atoms with Gasteiger partial charge in [0, 0.05) is 0 Å². The SMILES string of the molecule is Cc1nnnnc1[I-]C[I-]/C=C\I. The molecule has 0 N–H and O–H groups in total. The van der Waals surface area contributed by atoms with Crippen molar-refractivity contribution < 1.29 is 42.4 Å². The number of aryl methyl sites for hydroxylation is 1. The summed E-state index contributed by atoms with van der Waals surface area (Å²) in [5.74, 6) is 0. The van der Waals surface area contributed by atoms with Gasteiger partial charge >= 0.3 is 113 Å². The Kier molecular flexibility index (Phi) is 6.61. The number of nitrogens with zero attached hydrogens (tertiary/aromatic N) is 4. The summed E-state index contributed by atoms with van der Waals surface area (Å²) in [5, 5.41) is 14.9. The zero-order chi connectivity index (χ0) is 9.52. The molecule has 0 saturated heterocycles. The van der Waals surface area contributed by atoms with Gasteiger partial charge in [-0.3, -0.25) is 0 Å². The third-order valence-corrected chi connectivity index (χ3v) is 10.1. The van der Waals surface area contributed by atoms with E-state index in [4.69, 9.17) is 0 Å². The van der Waals surface area contributed by atoms with Crippen LogP contribution in [0.1, 0.15) is 5.69 Å². The molecule has 0 bridgehead atoms. The molecule has 74 valence electrons. The molecule has 1 heterocycles. The van der Waals surface area contributed by atoms with Crippen LogP contribution in [0, 0.1) is 10.6 Å². The molecule has 1 aromatic heterocycles. The van der Waals surface area contributed by atoms with Crippen LogP contribution in [0.4, 0.5) is 0 Å². The summed E-state index contributed by atoms with van der Waals surface area (Å²) in [6, 6.07) is 0. The van der Waals surface area contributed by atoms with E-state index in [2.05, 4.69) is 51.4 Å². The molecule has 0 aliphatic heterocycles. The predicted octanol–water partition coefficient (Wildman–Crippen LogP) is -5.21. The third-order valence-electron chi connectivity index (χ3n) is 1.04. The van der Waals surface area contributed by atoms with E-state index in [0.717, 1.165) is 9.39 Å². The van der Waals surface area contributed by atoms with Crippen molar-refractivity contribution in [3.63, 3.8) is 0 Å². The first-order chi connectivity index (χ1) is 6.34. The summed E-state index contributed by atoms with van der Waals surface area (Å²) in [6.45, 7) is 1.95. The molecule has 0 amide bonds. The van der Waals surface area contributed by atoms with Gasteiger partial charge in [-0.2, -0.15) is 0 Å². The molecule has 4 nitrogen and oxygen atoms in total. The van der Waals surface area contributed by atoms with E-state index in [1.807, 2.05) is 6.92 Å². The Morgan fingerprint density at radius 2 is 2.15 bits per heavy atom. The van der Waals surface area contributed by atoms with E-state index < -0.39 is 0 Å². The fourth-order valence-electron chi connectivity index (χ4n) is 0.528. The predicted molar refractivity (Wildman–Crippen MR) is 49.1 cm³/mol. The summed E-state index contributed by atoms with van der Waals surface area (Å²) >= 11 is 2.50. The summed E-state index contributed by atoms with van der Waals surface area (Å²) in [7, 11) is 0. The van der Waals surface area contributed by atoms with Crippen molar-refractivity contribution in [2.24, 2.45) is 0 Å². The van der Waals surface area contributed by atoms with Crippen LogP contribution < -0.4 is 42.4 Å². The van der Waals surface area contributed by atoms with E-state index in [1.165, 1.54) is 2.43 Å². The molecule has 0 radical (unpaired) electrons. The van der Waals surface area contributed by atoms with Gasteiger partial charge in [0.1, 0.15) is 0 Å². The Morgan fingerprint density at radius 1 is 1.38 bits per heavy atom. The second kappa shape index (κ2) is 7.20. The minimum atomic E-state index is 0.0107. The fourth-order valence-corrected chi connectivity index (χ4v) is 7.79. The van der Waals surface area contributed by atoms with Crippen molar-refractivity contribution in [2.75, 3.05) is 2.43 Å². The molecule has 1 rings (SSSR count). The van der Waals surface area contributed by atoms with Crippen molar-refractivity contribution in [1.82, 2.24) is 20.6 Å². The molecule has 1 aromatic rings. The molecule has 0 fully saturated rings. The van der Waals surface area contributed by atoms with Crippen LogP contribution in [0.25, 0.3) is 0 Å². The standard InChI is InChI=1S/C6H7I3N4/c1-5-6(11-13-12-10-5)9-4-8-3-2-7/h2-3H,4H2,1H3/q-2/b3-2-. The Bertz CT molecular complexity index is 291. The van der Waals surface area contributed by atoms with Gasteiger partial charge in [0.2, 0.25) is 0 Å². The molecule has 7 heteroatoms. The first-order valence-electron chi connectivity index (χ1n) is 3.29. The zero-order valence-electron chi connectivity index (χ0n) is 6.78. The molecule has 0 aromatic carbocycles. The van der Waals surface area contributed by atoms with Crippen molar-refractivity contribution >= 4 is 22.6 Å². The quantitative estimate of drug-likeness (QED) is 0.229. The van der Waals surface area contributed by atoms with Crippen molar-refractivity contribution in [3.8, 4) is 0 Å². The summed E-state index contributed by atoms with van der Waals surface area (Å²) in [5.41, 5.74) is 0.949. The van der Waals surface area contributed by atoms with Gasteiger partial charge in [-0.05, 0) is 0 Å². The first kappa shape index (κ1) is 11.9. The Balaban J connectivity index is 2.41. The number of aromatic nitrogens is 4. The van der Waals surface area contributed by atoms with E-state index in [0.29, 0.717) is 0 Å². The van der Waals surface area contributed by atoms with E-state index in [1.54, 1.807) is 0 Å². The Hall–Kier alpha value is 0.870. The maximum atomic E-state index is 3.99. The van der Waals surface area contributed by atoms with Crippen LogP contribution in [0.2, 0.25) is 0 Å². The number of hydrogen-bond donors (Lipinski definition) is 0. The van der Waals surface area contributed by atoms with E-state index >= 15 is 0 Å². The van der Waals surface area contributed by atoms with Gasteiger partial charge in [-0.25, -0.2) is 0 Å². The van der Waals surface area contributed by atoms with E-state index in [9.17, 15) is 0 Å². The summed E-state index contributed by atoms with van der Waals surface area (Å²) < 4.78 is 6.77. The Labute approximate surface area is 111 Å².